The largest absolute Gasteiger partial charge is 0.494 e. The van der Waals surface area contributed by atoms with E-state index in [9.17, 15) is 0 Å². The van der Waals surface area contributed by atoms with E-state index in [0.29, 0.717) is 18.3 Å². The van der Waals surface area contributed by atoms with Crippen LogP contribution in [0.1, 0.15) is 12.5 Å². The molecule has 1 aromatic rings. The number of hydrogen-bond donors (Lipinski definition) is 2. The normalized spacial score (nSPS) is 10.1. The van der Waals surface area contributed by atoms with E-state index in [2.05, 4.69) is 22.4 Å². The van der Waals surface area contributed by atoms with E-state index in [1.165, 1.54) is 0 Å². The van der Waals surface area contributed by atoms with Gasteiger partial charge in [-0.15, -0.1) is 6.58 Å². The minimum atomic E-state index is 0.470. The van der Waals surface area contributed by atoms with Gasteiger partial charge in [0.15, 0.2) is 5.11 Å². The van der Waals surface area contributed by atoms with Crippen LogP contribution >= 0.6 is 12.2 Å². The molecule has 0 aliphatic carbocycles. The summed E-state index contributed by atoms with van der Waals surface area (Å²) < 4.78 is 5.35. The van der Waals surface area contributed by atoms with Crippen LogP contribution in [0.5, 0.6) is 5.75 Å². The second-order valence-corrected chi connectivity index (χ2v) is 3.78. The van der Waals surface area contributed by atoms with Gasteiger partial charge in [0.2, 0.25) is 0 Å². The summed E-state index contributed by atoms with van der Waals surface area (Å²) in [5, 5.41) is 7.40. The zero-order valence-corrected chi connectivity index (χ0v) is 11.2. The number of rotatable bonds is 6. The highest BCUT2D eigenvalue weighted by molar-refractivity contribution is 7.80. The second-order valence-electron chi connectivity index (χ2n) is 3.37. The highest BCUT2D eigenvalue weighted by Gasteiger charge is 1.92. The third-order valence-corrected chi connectivity index (χ3v) is 2.21. The Morgan fingerprint density at radius 2 is 2.17 bits per heavy atom. The number of nitrogens with zero attached hydrogens (tertiary/aromatic N) is 1. The number of ether oxygens (including phenoxy) is 1. The van der Waals surface area contributed by atoms with Crippen molar-refractivity contribution in [1.29, 1.82) is 0 Å². The van der Waals surface area contributed by atoms with Crippen LogP contribution < -0.4 is 15.5 Å². The molecule has 5 heteroatoms. The van der Waals surface area contributed by atoms with Gasteiger partial charge in [-0.3, -0.25) is 5.43 Å². The van der Waals surface area contributed by atoms with Gasteiger partial charge in [-0.25, -0.2) is 0 Å². The van der Waals surface area contributed by atoms with Gasteiger partial charge in [-0.05, 0) is 49.0 Å². The summed E-state index contributed by atoms with van der Waals surface area (Å²) >= 11 is 4.99. The molecule has 0 aromatic heterocycles. The molecule has 0 heterocycles. The fourth-order valence-corrected chi connectivity index (χ4v) is 1.32. The molecule has 2 N–H and O–H groups in total. The summed E-state index contributed by atoms with van der Waals surface area (Å²) in [7, 11) is 0. The predicted molar refractivity (Wildman–Crippen MR) is 79.1 cm³/mol. The average molecular weight is 263 g/mol. The van der Waals surface area contributed by atoms with Crippen molar-refractivity contribution in [2.75, 3.05) is 13.2 Å². The standard InChI is InChI=1S/C13H17N3OS/c1-3-9-14-13(18)16-15-10-11-5-7-12(8-6-11)17-4-2/h3,5-8,10H,1,4,9H2,2H3,(H2,14,16,18). The number of benzene rings is 1. The lowest BCUT2D eigenvalue weighted by Gasteiger charge is -2.04. The molecule has 0 fully saturated rings. The summed E-state index contributed by atoms with van der Waals surface area (Å²) in [4.78, 5) is 0. The molecule has 0 atom stereocenters. The van der Waals surface area contributed by atoms with E-state index in [1.807, 2.05) is 31.2 Å². The number of thiocarbonyl (C=S) groups is 1. The second kappa shape index (κ2) is 8.25. The third kappa shape index (κ3) is 5.45. The third-order valence-electron chi connectivity index (χ3n) is 1.98. The molecule has 0 unspecified atom stereocenters. The molecule has 1 aromatic carbocycles. The first-order chi connectivity index (χ1) is 8.76. The average Bonchev–Trinajstić information content (AvgIpc) is 2.39. The number of hydrazone groups is 1. The molecule has 0 spiro atoms. The zero-order valence-electron chi connectivity index (χ0n) is 10.3. The van der Waals surface area contributed by atoms with E-state index >= 15 is 0 Å². The van der Waals surface area contributed by atoms with Gasteiger partial charge in [-0.2, -0.15) is 5.10 Å². The van der Waals surface area contributed by atoms with Gasteiger partial charge in [0, 0.05) is 6.54 Å². The van der Waals surface area contributed by atoms with Gasteiger partial charge in [0.05, 0.1) is 12.8 Å². The Kier molecular flexibility index (Phi) is 6.50. The Balaban J connectivity index is 2.41. The Labute approximate surface area is 113 Å². The molecular formula is C13H17N3OS. The van der Waals surface area contributed by atoms with Crippen LogP contribution in [0.2, 0.25) is 0 Å². The fraction of sp³-hybridized carbons (Fsp3) is 0.231. The number of nitrogens with one attached hydrogen (secondary N) is 2. The van der Waals surface area contributed by atoms with Crippen molar-refractivity contribution in [2.45, 2.75) is 6.92 Å². The Hall–Kier alpha value is -1.88. The molecule has 96 valence electrons. The van der Waals surface area contributed by atoms with Crippen molar-refractivity contribution in [2.24, 2.45) is 5.10 Å². The lowest BCUT2D eigenvalue weighted by molar-refractivity contribution is 0.340. The van der Waals surface area contributed by atoms with Crippen molar-refractivity contribution in [3.05, 3.63) is 42.5 Å². The lowest BCUT2D eigenvalue weighted by atomic mass is 10.2. The van der Waals surface area contributed by atoms with Crippen LogP contribution in [0.25, 0.3) is 0 Å². The Morgan fingerprint density at radius 1 is 1.44 bits per heavy atom. The van der Waals surface area contributed by atoms with Crippen LogP contribution in [0.3, 0.4) is 0 Å². The van der Waals surface area contributed by atoms with Gasteiger partial charge < -0.3 is 10.1 Å². The molecule has 0 saturated heterocycles. The van der Waals surface area contributed by atoms with Gasteiger partial charge in [0.25, 0.3) is 0 Å². The molecule has 0 amide bonds. The first-order valence-electron chi connectivity index (χ1n) is 5.67. The van der Waals surface area contributed by atoms with E-state index in [4.69, 9.17) is 17.0 Å². The molecule has 1 rings (SSSR count). The summed E-state index contributed by atoms with van der Waals surface area (Å²) in [6.45, 7) is 6.82. The Morgan fingerprint density at radius 3 is 2.78 bits per heavy atom. The molecular weight excluding hydrogens is 246 g/mol. The predicted octanol–water partition coefficient (Wildman–Crippen LogP) is 2.07. The molecule has 0 radical (unpaired) electrons. The minimum Gasteiger partial charge on any atom is -0.494 e. The van der Waals surface area contributed by atoms with Crippen LogP contribution in [0.4, 0.5) is 0 Å². The van der Waals surface area contributed by atoms with Gasteiger partial charge >= 0.3 is 0 Å². The molecule has 4 nitrogen and oxygen atoms in total. The van der Waals surface area contributed by atoms with E-state index in [-0.39, 0.29) is 0 Å². The topological polar surface area (TPSA) is 45.7 Å². The molecule has 0 bridgehead atoms. The van der Waals surface area contributed by atoms with E-state index in [0.717, 1.165) is 11.3 Å². The maximum Gasteiger partial charge on any atom is 0.187 e. The van der Waals surface area contributed by atoms with Crippen molar-refractivity contribution in [1.82, 2.24) is 10.7 Å². The van der Waals surface area contributed by atoms with Crippen LogP contribution in [0.15, 0.2) is 42.0 Å². The van der Waals surface area contributed by atoms with Crippen LogP contribution in [-0.2, 0) is 0 Å². The van der Waals surface area contributed by atoms with E-state index in [1.54, 1.807) is 12.3 Å². The molecule has 0 saturated carbocycles. The van der Waals surface area contributed by atoms with Crippen molar-refractivity contribution in [3.63, 3.8) is 0 Å². The number of hydrogen-bond acceptors (Lipinski definition) is 3. The van der Waals surface area contributed by atoms with Gasteiger partial charge in [-0.1, -0.05) is 6.08 Å². The van der Waals surface area contributed by atoms with Gasteiger partial charge in [0.1, 0.15) is 5.75 Å². The molecule has 18 heavy (non-hydrogen) atoms. The van der Waals surface area contributed by atoms with Crippen LogP contribution in [-0.4, -0.2) is 24.5 Å². The SMILES string of the molecule is C=CCNC(=S)NN=Cc1ccc(OCC)cc1. The quantitative estimate of drug-likeness (QED) is 0.357. The summed E-state index contributed by atoms with van der Waals surface area (Å²) in [6, 6.07) is 7.66. The maximum atomic E-state index is 5.35. The smallest absolute Gasteiger partial charge is 0.187 e. The van der Waals surface area contributed by atoms with Crippen LogP contribution in [0, 0.1) is 0 Å². The summed E-state index contributed by atoms with van der Waals surface area (Å²) in [5.74, 6) is 0.853. The monoisotopic (exact) mass is 263 g/mol. The minimum absolute atomic E-state index is 0.470. The Bertz CT molecular complexity index is 415. The first kappa shape index (κ1) is 14.2. The van der Waals surface area contributed by atoms with E-state index < -0.39 is 0 Å². The fourth-order valence-electron chi connectivity index (χ4n) is 1.19. The highest BCUT2D eigenvalue weighted by Crippen LogP contribution is 2.10. The molecule has 0 aliphatic heterocycles. The summed E-state index contributed by atoms with van der Waals surface area (Å²) in [6.07, 6.45) is 3.42. The van der Waals surface area contributed by atoms with Crippen molar-refractivity contribution >= 4 is 23.5 Å². The summed E-state index contributed by atoms with van der Waals surface area (Å²) in [5.41, 5.74) is 3.69. The van der Waals surface area contributed by atoms with Crippen molar-refractivity contribution in [3.8, 4) is 5.75 Å². The maximum absolute atomic E-state index is 5.35. The first-order valence-corrected chi connectivity index (χ1v) is 6.07. The lowest BCUT2D eigenvalue weighted by Crippen LogP contribution is -2.31. The zero-order chi connectivity index (χ0) is 13.2. The molecule has 0 aliphatic rings. The van der Waals surface area contributed by atoms with Crippen molar-refractivity contribution < 1.29 is 4.74 Å². The highest BCUT2D eigenvalue weighted by atomic mass is 32.1.